The number of amides is 2. The highest BCUT2D eigenvalue weighted by Crippen LogP contribution is 2.42. The van der Waals surface area contributed by atoms with Crippen molar-refractivity contribution in [2.45, 2.75) is 54.5 Å². The quantitative estimate of drug-likeness (QED) is 0.334. The zero-order valence-electron chi connectivity index (χ0n) is 25.1. The molecule has 2 amide bonds. The maximum absolute atomic E-state index is 13.1. The molecule has 0 saturated carbocycles. The molecular formula is C29H38N6O5S. The van der Waals surface area contributed by atoms with Crippen LogP contribution in [0.15, 0.2) is 12.1 Å². The van der Waals surface area contributed by atoms with Crippen LogP contribution in [0, 0.1) is 15.5 Å². The molecule has 4 rings (SSSR count). The molecule has 3 aromatic rings. The fourth-order valence-electron chi connectivity index (χ4n) is 4.47. The van der Waals surface area contributed by atoms with Gasteiger partial charge in [0, 0.05) is 47.3 Å². The van der Waals surface area contributed by atoms with E-state index >= 15 is 0 Å². The molecule has 220 valence electrons. The van der Waals surface area contributed by atoms with E-state index < -0.39 is 10.8 Å². The maximum Gasteiger partial charge on any atom is 0.233 e. The molecule has 0 spiro atoms. The predicted octanol–water partition coefficient (Wildman–Crippen LogP) is 5.25. The van der Waals surface area contributed by atoms with Gasteiger partial charge in [-0.1, -0.05) is 53.8 Å². The first-order valence-electron chi connectivity index (χ1n) is 13.3. The van der Waals surface area contributed by atoms with Gasteiger partial charge < -0.3 is 29.4 Å². The molecule has 2 aromatic heterocycles. The van der Waals surface area contributed by atoms with E-state index in [4.69, 9.17) is 26.4 Å². The van der Waals surface area contributed by atoms with Crippen LogP contribution in [-0.4, -0.2) is 54.6 Å². The Morgan fingerprint density at radius 1 is 0.902 bits per heavy atom. The molecule has 0 fully saturated rings. The number of fused-ring (bicyclic) bond motifs is 3. The first-order chi connectivity index (χ1) is 19.2. The van der Waals surface area contributed by atoms with Crippen LogP contribution in [0.4, 0.5) is 17.5 Å². The highest BCUT2D eigenvalue weighted by Gasteiger charge is 2.29. The van der Waals surface area contributed by atoms with E-state index in [1.165, 1.54) is 0 Å². The van der Waals surface area contributed by atoms with E-state index in [1.54, 1.807) is 42.1 Å². The van der Waals surface area contributed by atoms with Gasteiger partial charge in [0.1, 0.15) is 16.1 Å². The smallest absolute Gasteiger partial charge is 0.233 e. The minimum atomic E-state index is -0.670. The highest BCUT2D eigenvalue weighted by atomic mass is 32.1. The number of carbonyl (C=O) groups excluding carboxylic acids is 2. The number of anilines is 3. The Morgan fingerprint density at radius 2 is 1.49 bits per heavy atom. The summed E-state index contributed by atoms with van der Waals surface area (Å²) in [5.41, 5.74) is 1.85. The SMILES string of the molecule is COc1cc(N2CCc3c(c(=S)[nH]c4nc(NC(=O)C(C)(C)C)nc(NC(=O)C(C)(C)C)c34)C2)cc(OC)c1OC. The third-order valence-corrected chi connectivity index (χ3v) is 7.24. The lowest BCUT2D eigenvalue weighted by Gasteiger charge is -2.32. The number of aromatic nitrogens is 3. The first kappa shape index (κ1) is 30.0. The lowest BCUT2D eigenvalue weighted by molar-refractivity contribution is -0.123. The Hall–Kier alpha value is -3.93. The average Bonchev–Trinajstić information content (AvgIpc) is 2.90. The molecular weight excluding hydrogens is 544 g/mol. The van der Waals surface area contributed by atoms with Gasteiger partial charge in [0.2, 0.25) is 23.5 Å². The van der Waals surface area contributed by atoms with E-state index in [0.29, 0.717) is 58.3 Å². The predicted molar refractivity (Wildman–Crippen MR) is 162 cm³/mol. The van der Waals surface area contributed by atoms with Crippen LogP contribution in [0.5, 0.6) is 17.2 Å². The normalized spacial score (nSPS) is 13.4. The van der Waals surface area contributed by atoms with Crippen LogP contribution < -0.4 is 29.7 Å². The van der Waals surface area contributed by atoms with E-state index in [9.17, 15) is 9.59 Å². The number of nitrogens with zero attached hydrogens (tertiary/aromatic N) is 3. The number of methoxy groups -OCH3 is 3. The molecule has 0 aliphatic carbocycles. The summed E-state index contributed by atoms with van der Waals surface area (Å²) in [6, 6.07) is 3.81. The zero-order valence-corrected chi connectivity index (χ0v) is 25.9. The Labute approximate surface area is 245 Å². The second-order valence-corrected chi connectivity index (χ2v) is 12.4. The van der Waals surface area contributed by atoms with Crippen molar-refractivity contribution in [2.24, 2.45) is 10.8 Å². The van der Waals surface area contributed by atoms with Crippen molar-refractivity contribution in [1.29, 1.82) is 0 Å². The first-order valence-corrected chi connectivity index (χ1v) is 13.7. The Morgan fingerprint density at radius 3 is 2.02 bits per heavy atom. The fourth-order valence-corrected chi connectivity index (χ4v) is 4.75. The number of ether oxygens (including phenoxy) is 3. The average molecular weight is 583 g/mol. The number of nitrogens with one attached hydrogen (secondary N) is 3. The summed E-state index contributed by atoms with van der Waals surface area (Å²) in [6.45, 7) is 12.0. The monoisotopic (exact) mass is 582 g/mol. The number of H-pyrrole nitrogens is 1. The highest BCUT2D eigenvalue weighted by molar-refractivity contribution is 7.71. The molecule has 11 nitrogen and oxygen atoms in total. The molecule has 0 atom stereocenters. The fraction of sp³-hybridized carbons (Fsp3) is 0.483. The van der Waals surface area contributed by atoms with Gasteiger partial charge >= 0.3 is 0 Å². The number of hydrogen-bond donors (Lipinski definition) is 3. The lowest BCUT2D eigenvalue weighted by Crippen LogP contribution is -2.32. The summed E-state index contributed by atoms with van der Waals surface area (Å²) in [4.78, 5) is 40.4. The van der Waals surface area contributed by atoms with Crippen LogP contribution in [-0.2, 0) is 22.6 Å². The Balaban J connectivity index is 1.83. The van der Waals surface area contributed by atoms with Crippen LogP contribution in [0.1, 0.15) is 52.7 Å². The van der Waals surface area contributed by atoms with E-state index in [2.05, 4.69) is 30.5 Å². The second kappa shape index (κ2) is 11.2. The van der Waals surface area contributed by atoms with Crippen molar-refractivity contribution in [3.05, 3.63) is 27.9 Å². The molecule has 0 unspecified atom stereocenters. The van der Waals surface area contributed by atoms with Gasteiger partial charge in [-0.05, 0) is 12.0 Å². The molecule has 3 N–H and O–H groups in total. The van der Waals surface area contributed by atoms with Crippen molar-refractivity contribution in [3.8, 4) is 17.2 Å². The summed E-state index contributed by atoms with van der Waals surface area (Å²) >= 11 is 5.80. The summed E-state index contributed by atoms with van der Waals surface area (Å²) < 4.78 is 17.1. The van der Waals surface area contributed by atoms with Crippen LogP contribution in [0.2, 0.25) is 0 Å². The van der Waals surface area contributed by atoms with Gasteiger partial charge in [0.15, 0.2) is 11.5 Å². The zero-order chi connectivity index (χ0) is 30.3. The molecule has 1 aliphatic rings. The van der Waals surface area contributed by atoms with Crippen molar-refractivity contribution in [3.63, 3.8) is 0 Å². The number of carbonyl (C=O) groups is 2. The topological polar surface area (TPSA) is 131 Å². The van der Waals surface area contributed by atoms with Crippen molar-refractivity contribution in [2.75, 3.05) is 43.4 Å². The van der Waals surface area contributed by atoms with Crippen molar-refractivity contribution >= 4 is 52.5 Å². The van der Waals surface area contributed by atoms with Crippen molar-refractivity contribution in [1.82, 2.24) is 15.0 Å². The minimum absolute atomic E-state index is 0.0853. The van der Waals surface area contributed by atoms with E-state index in [0.717, 1.165) is 16.8 Å². The molecule has 0 saturated heterocycles. The van der Waals surface area contributed by atoms with Crippen LogP contribution in [0.25, 0.3) is 11.0 Å². The summed E-state index contributed by atoms with van der Waals surface area (Å²) in [5.74, 6) is 1.58. The van der Waals surface area contributed by atoms with Gasteiger partial charge in [-0.15, -0.1) is 0 Å². The number of pyridine rings is 1. The minimum Gasteiger partial charge on any atom is -0.493 e. The lowest BCUT2D eigenvalue weighted by atomic mass is 9.95. The Bertz CT molecular complexity index is 1550. The third-order valence-electron chi connectivity index (χ3n) is 6.90. The molecule has 1 aromatic carbocycles. The Kier molecular flexibility index (Phi) is 8.17. The van der Waals surface area contributed by atoms with Crippen LogP contribution in [0.3, 0.4) is 0 Å². The largest absolute Gasteiger partial charge is 0.493 e. The van der Waals surface area contributed by atoms with E-state index in [1.807, 2.05) is 32.9 Å². The maximum atomic E-state index is 13.1. The molecule has 3 heterocycles. The molecule has 41 heavy (non-hydrogen) atoms. The van der Waals surface area contributed by atoms with Gasteiger partial charge in [-0.3, -0.25) is 14.9 Å². The summed E-state index contributed by atoms with van der Waals surface area (Å²) in [6.07, 6.45) is 0.607. The third kappa shape index (κ3) is 6.07. The molecule has 12 heteroatoms. The molecule has 1 aliphatic heterocycles. The molecule has 0 bridgehead atoms. The van der Waals surface area contributed by atoms with Crippen LogP contribution >= 0.6 is 12.2 Å². The summed E-state index contributed by atoms with van der Waals surface area (Å²) in [5, 5.41) is 6.42. The number of benzene rings is 1. The number of aromatic amines is 1. The summed E-state index contributed by atoms with van der Waals surface area (Å²) in [7, 11) is 4.74. The van der Waals surface area contributed by atoms with Gasteiger partial charge in [0.25, 0.3) is 0 Å². The number of rotatable bonds is 6. The standard InChI is InChI=1S/C29H38N6O5S/c1-28(2,3)25(36)31-23-20-16-10-11-35(15-12-18(38-7)21(40-9)19(13-15)39-8)14-17(16)24(41)30-22(20)32-27(33-23)34-26(37)29(4,5)6/h12-13H,10-11,14H2,1-9H3,(H3,30,31,32,33,34,36,37,41). The van der Waals surface area contributed by atoms with Gasteiger partial charge in [0.05, 0.1) is 26.7 Å². The molecule has 0 radical (unpaired) electrons. The van der Waals surface area contributed by atoms with Gasteiger partial charge in [-0.2, -0.15) is 9.97 Å². The van der Waals surface area contributed by atoms with Gasteiger partial charge in [-0.25, -0.2) is 0 Å². The second-order valence-electron chi connectivity index (χ2n) is 12.0. The van der Waals surface area contributed by atoms with Crippen molar-refractivity contribution < 1.29 is 23.8 Å². The number of hydrogen-bond acceptors (Lipinski definition) is 9. The van der Waals surface area contributed by atoms with E-state index in [-0.39, 0.29) is 17.8 Å².